The van der Waals surface area contributed by atoms with Crippen molar-refractivity contribution in [2.75, 3.05) is 51.2 Å². The minimum Gasteiger partial charge on any atom is -0.338 e. The molecule has 3 aliphatic rings. The number of anilines is 1. The predicted octanol–water partition coefficient (Wildman–Crippen LogP) is 2.55. The molecule has 1 spiro atoms. The predicted molar refractivity (Wildman–Crippen MR) is 102 cm³/mol. The number of hydrogen-bond donors (Lipinski definition) is 0. The lowest BCUT2D eigenvalue weighted by Crippen LogP contribution is -2.45. The van der Waals surface area contributed by atoms with E-state index in [9.17, 15) is 0 Å². The van der Waals surface area contributed by atoms with Gasteiger partial charge in [0.1, 0.15) is 0 Å². The molecule has 0 radical (unpaired) electrons. The Kier molecular flexibility index (Phi) is 5.04. The van der Waals surface area contributed by atoms with Crippen molar-refractivity contribution in [2.24, 2.45) is 5.41 Å². The fourth-order valence-corrected chi connectivity index (χ4v) is 4.62. The molecule has 4 rings (SSSR count). The van der Waals surface area contributed by atoms with Gasteiger partial charge in [0.05, 0.1) is 0 Å². The van der Waals surface area contributed by atoms with Crippen LogP contribution in [0.3, 0.4) is 0 Å². The molecule has 1 unspecified atom stereocenters. The molecule has 0 N–H and O–H groups in total. The maximum absolute atomic E-state index is 4.66. The maximum atomic E-state index is 4.66. The van der Waals surface area contributed by atoms with Gasteiger partial charge in [-0.05, 0) is 51.1 Å². The summed E-state index contributed by atoms with van der Waals surface area (Å²) in [5.74, 6) is 0.893. The van der Waals surface area contributed by atoms with E-state index < -0.39 is 0 Å². The number of piperazine rings is 1. The fourth-order valence-electron chi connectivity index (χ4n) is 4.62. The standard InChI is InChI=1S/C20H31N5/c1-23-10-12-25(13-11-23)19-21-14-18(15-22-19)16-24-9-5-8-20(17-24)6-3-2-4-7-20/h2-3,14-15H,4-13,16-17H2,1H3. The van der Waals surface area contributed by atoms with Crippen molar-refractivity contribution in [2.45, 2.75) is 38.6 Å². The monoisotopic (exact) mass is 341 g/mol. The number of piperidine rings is 1. The molecule has 5 nitrogen and oxygen atoms in total. The van der Waals surface area contributed by atoms with Crippen molar-refractivity contribution >= 4 is 5.95 Å². The average Bonchev–Trinajstić information content (AvgIpc) is 2.64. The highest BCUT2D eigenvalue weighted by atomic mass is 15.3. The zero-order valence-corrected chi connectivity index (χ0v) is 15.5. The maximum Gasteiger partial charge on any atom is 0.225 e. The Morgan fingerprint density at radius 2 is 1.80 bits per heavy atom. The molecule has 2 fully saturated rings. The molecule has 0 saturated carbocycles. The summed E-state index contributed by atoms with van der Waals surface area (Å²) >= 11 is 0. The van der Waals surface area contributed by atoms with Gasteiger partial charge in [0.15, 0.2) is 0 Å². The van der Waals surface area contributed by atoms with E-state index in [1.165, 1.54) is 50.8 Å². The van der Waals surface area contributed by atoms with Gasteiger partial charge in [-0.3, -0.25) is 4.90 Å². The van der Waals surface area contributed by atoms with Crippen LogP contribution >= 0.6 is 0 Å². The molecule has 1 aliphatic carbocycles. The van der Waals surface area contributed by atoms with E-state index in [0.29, 0.717) is 5.41 Å². The summed E-state index contributed by atoms with van der Waals surface area (Å²) in [6.07, 6.45) is 15.5. The molecule has 0 bridgehead atoms. The van der Waals surface area contributed by atoms with Crippen molar-refractivity contribution in [1.29, 1.82) is 0 Å². The van der Waals surface area contributed by atoms with Crippen molar-refractivity contribution in [3.63, 3.8) is 0 Å². The van der Waals surface area contributed by atoms with Crippen LogP contribution in [0.2, 0.25) is 0 Å². The zero-order chi connectivity index (χ0) is 17.1. The van der Waals surface area contributed by atoms with E-state index in [-0.39, 0.29) is 0 Å². The molecule has 1 aromatic rings. The second-order valence-electron chi connectivity index (χ2n) is 8.21. The van der Waals surface area contributed by atoms with E-state index in [1.54, 1.807) is 0 Å². The molecule has 3 heterocycles. The lowest BCUT2D eigenvalue weighted by Gasteiger charge is -2.44. The molecule has 2 saturated heterocycles. The number of nitrogens with zero attached hydrogens (tertiary/aromatic N) is 5. The van der Waals surface area contributed by atoms with Gasteiger partial charge in [0, 0.05) is 57.2 Å². The normalized spacial score (nSPS) is 28.6. The number of aromatic nitrogens is 2. The SMILES string of the molecule is CN1CCN(c2ncc(CN3CCCC4(CC=CCC4)C3)cn2)CC1. The Bertz CT molecular complexity index is 591. The zero-order valence-electron chi connectivity index (χ0n) is 15.5. The molecule has 2 aliphatic heterocycles. The quantitative estimate of drug-likeness (QED) is 0.790. The Hall–Kier alpha value is -1.46. The lowest BCUT2D eigenvalue weighted by atomic mass is 9.71. The minimum absolute atomic E-state index is 0.535. The van der Waals surface area contributed by atoms with Crippen LogP contribution in [-0.4, -0.2) is 66.1 Å². The molecule has 0 aromatic carbocycles. The summed E-state index contributed by atoms with van der Waals surface area (Å²) < 4.78 is 0. The smallest absolute Gasteiger partial charge is 0.225 e. The largest absolute Gasteiger partial charge is 0.338 e. The first-order chi connectivity index (χ1) is 12.2. The summed E-state index contributed by atoms with van der Waals surface area (Å²) in [5, 5.41) is 0. The molecule has 1 atom stereocenters. The Labute approximate surface area is 151 Å². The summed E-state index contributed by atoms with van der Waals surface area (Å²) in [7, 11) is 2.18. The van der Waals surface area contributed by atoms with Crippen LogP contribution in [0.25, 0.3) is 0 Å². The third-order valence-corrected chi connectivity index (χ3v) is 6.18. The first kappa shape index (κ1) is 17.0. The number of allylic oxidation sites excluding steroid dienone is 2. The van der Waals surface area contributed by atoms with E-state index in [1.807, 2.05) is 12.4 Å². The highest BCUT2D eigenvalue weighted by Gasteiger charge is 2.35. The molecule has 1 aromatic heterocycles. The first-order valence-electron chi connectivity index (χ1n) is 9.84. The molecule has 25 heavy (non-hydrogen) atoms. The van der Waals surface area contributed by atoms with Gasteiger partial charge in [0.2, 0.25) is 5.95 Å². The van der Waals surface area contributed by atoms with Gasteiger partial charge >= 0.3 is 0 Å². The first-order valence-corrected chi connectivity index (χ1v) is 9.84. The van der Waals surface area contributed by atoms with Crippen LogP contribution in [0.15, 0.2) is 24.5 Å². The molecular weight excluding hydrogens is 310 g/mol. The van der Waals surface area contributed by atoms with Crippen molar-refractivity contribution in [3.05, 3.63) is 30.1 Å². The van der Waals surface area contributed by atoms with E-state index >= 15 is 0 Å². The Morgan fingerprint density at radius 3 is 2.52 bits per heavy atom. The van der Waals surface area contributed by atoms with Gasteiger partial charge in [-0.15, -0.1) is 0 Å². The Balaban J connectivity index is 1.35. The van der Waals surface area contributed by atoms with Crippen LogP contribution < -0.4 is 4.90 Å². The van der Waals surface area contributed by atoms with Crippen molar-refractivity contribution < 1.29 is 0 Å². The summed E-state index contributed by atoms with van der Waals surface area (Å²) in [6.45, 7) is 7.68. The summed E-state index contributed by atoms with van der Waals surface area (Å²) in [6, 6.07) is 0. The highest BCUT2D eigenvalue weighted by Crippen LogP contribution is 2.41. The van der Waals surface area contributed by atoms with Gasteiger partial charge in [-0.1, -0.05) is 12.2 Å². The molecule has 0 amide bonds. The van der Waals surface area contributed by atoms with E-state index in [0.717, 1.165) is 38.7 Å². The number of hydrogen-bond acceptors (Lipinski definition) is 5. The third-order valence-electron chi connectivity index (χ3n) is 6.18. The van der Waals surface area contributed by atoms with Crippen LogP contribution in [0, 0.1) is 5.41 Å². The van der Waals surface area contributed by atoms with Crippen LogP contribution in [0.4, 0.5) is 5.95 Å². The van der Waals surface area contributed by atoms with Gasteiger partial charge < -0.3 is 9.80 Å². The second kappa shape index (κ2) is 7.42. The number of likely N-dealkylation sites (N-methyl/N-ethyl adjacent to an activating group) is 1. The molecule has 136 valence electrons. The number of likely N-dealkylation sites (tertiary alicyclic amines) is 1. The van der Waals surface area contributed by atoms with Crippen LogP contribution in [0.5, 0.6) is 0 Å². The van der Waals surface area contributed by atoms with Gasteiger partial charge in [0.25, 0.3) is 0 Å². The van der Waals surface area contributed by atoms with Gasteiger partial charge in [-0.2, -0.15) is 0 Å². The molecule has 5 heteroatoms. The summed E-state index contributed by atoms with van der Waals surface area (Å²) in [5.41, 5.74) is 1.79. The third kappa shape index (κ3) is 4.04. The van der Waals surface area contributed by atoms with E-state index in [2.05, 4.69) is 43.9 Å². The minimum atomic E-state index is 0.535. The van der Waals surface area contributed by atoms with E-state index in [4.69, 9.17) is 0 Å². The lowest BCUT2D eigenvalue weighted by molar-refractivity contribution is 0.0739. The average molecular weight is 342 g/mol. The summed E-state index contributed by atoms with van der Waals surface area (Å²) in [4.78, 5) is 16.6. The number of rotatable bonds is 3. The van der Waals surface area contributed by atoms with Crippen molar-refractivity contribution in [3.8, 4) is 0 Å². The van der Waals surface area contributed by atoms with Crippen LogP contribution in [0.1, 0.15) is 37.7 Å². The highest BCUT2D eigenvalue weighted by molar-refractivity contribution is 5.30. The van der Waals surface area contributed by atoms with Gasteiger partial charge in [-0.25, -0.2) is 9.97 Å². The second-order valence-corrected chi connectivity index (χ2v) is 8.21. The fraction of sp³-hybridized carbons (Fsp3) is 0.700. The molecular formula is C20H31N5. The van der Waals surface area contributed by atoms with Crippen LogP contribution in [-0.2, 0) is 6.54 Å². The topological polar surface area (TPSA) is 35.5 Å². The Morgan fingerprint density at radius 1 is 1.00 bits per heavy atom. The van der Waals surface area contributed by atoms with Crippen molar-refractivity contribution in [1.82, 2.24) is 19.8 Å².